The van der Waals surface area contributed by atoms with Gasteiger partial charge in [-0.3, -0.25) is 4.98 Å². The molecular formula is C11H9BrClN3O. The van der Waals surface area contributed by atoms with Gasteiger partial charge in [-0.05, 0) is 33.6 Å². The normalized spacial score (nSPS) is 10.3. The fourth-order valence-corrected chi connectivity index (χ4v) is 1.82. The van der Waals surface area contributed by atoms with Crippen LogP contribution in [0.4, 0.5) is 0 Å². The molecule has 0 aromatic carbocycles. The van der Waals surface area contributed by atoms with Crippen LogP contribution in [0, 0.1) is 0 Å². The summed E-state index contributed by atoms with van der Waals surface area (Å²) in [7, 11) is 0. The Kier molecular flexibility index (Phi) is 3.93. The predicted molar refractivity (Wildman–Crippen MR) is 69.1 cm³/mol. The maximum absolute atomic E-state index is 6.10. The first-order valence-electron chi connectivity index (χ1n) is 4.82. The average Bonchev–Trinajstić information content (AvgIpc) is 2.32. The van der Waals surface area contributed by atoms with Crippen LogP contribution in [-0.2, 0) is 6.54 Å². The highest BCUT2D eigenvalue weighted by Crippen LogP contribution is 2.30. The van der Waals surface area contributed by atoms with Crippen molar-refractivity contribution in [2.45, 2.75) is 6.54 Å². The van der Waals surface area contributed by atoms with E-state index in [2.05, 4.69) is 25.9 Å². The molecule has 0 aliphatic carbocycles. The van der Waals surface area contributed by atoms with E-state index in [9.17, 15) is 0 Å². The van der Waals surface area contributed by atoms with Gasteiger partial charge in [-0.25, -0.2) is 4.98 Å². The minimum absolute atomic E-state index is 0.328. The third-order valence-corrected chi connectivity index (χ3v) is 2.89. The van der Waals surface area contributed by atoms with Crippen molar-refractivity contribution >= 4 is 27.5 Å². The van der Waals surface area contributed by atoms with Crippen LogP contribution in [0.15, 0.2) is 35.2 Å². The molecule has 2 rings (SSSR count). The number of hydrogen-bond acceptors (Lipinski definition) is 4. The zero-order valence-corrected chi connectivity index (χ0v) is 11.1. The lowest BCUT2D eigenvalue weighted by Gasteiger charge is -2.08. The molecule has 0 radical (unpaired) electrons. The molecule has 17 heavy (non-hydrogen) atoms. The van der Waals surface area contributed by atoms with Crippen molar-refractivity contribution in [3.63, 3.8) is 0 Å². The topological polar surface area (TPSA) is 61.0 Å². The van der Waals surface area contributed by atoms with E-state index in [0.29, 0.717) is 23.2 Å². The van der Waals surface area contributed by atoms with Crippen molar-refractivity contribution in [2.24, 2.45) is 5.73 Å². The Hall–Kier alpha value is -1.17. The molecule has 0 aliphatic rings. The zero-order chi connectivity index (χ0) is 12.3. The van der Waals surface area contributed by atoms with E-state index in [0.717, 1.165) is 10.0 Å². The fourth-order valence-electron chi connectivity index (χ4n) is 1.25. The molecular weight excluding hydrogens is 305 g/mol. The van der Waals surface area contributed by atoms with Crippen LogP contribution in [0.2, 0.25) is 5.02 Å². The van der Waals surface area contributed by atoms with Gasteiger partial charge in [-0.2, -0.15) is 0 Å². The maximum Gasteiger partial charge on any atom is 0.238 e. The van der Waals surface area contributed by atoms with E-state index in [-0.39, 0.29) is 0 Å². The van der Waals surface area contributed by atoms with Crippen molar-refractivity contribution in [1.82, 2.24) is 9.97 Å². The lowest BCUT2D eigenvalue weighted by molar-refractivity contribution is 0.460. The monoisotopic (exact) mass is 313 g/mol. The Bertz CT molecular complexity index is 536. The van der Waals surface area contributed by atoms with Gasteiger partial charge in [0.05, 0.1) is 6.20 Å². The number of nitrogens with zero attached hydrogens (tertiary/aromatic N) is 2. The minimum Gasteiger partial charge on any atom is -0.436 e. The smallest absolute Gasteiger partial charge is 0.238 e. The van der Waals surface area contributed by atoms with E-state index in [1.807, 2.05) is 0 Å². The molecule has 0 unspecified atom stereocenters. The first-order valence-corrected chi connectivity index (χ1v) is 5.99. The first-order chi connectivity index (χ1) is 8.20. The summed E-state index contributed by atoms with van der Waals surface area (Å²) in [6, 6.07) is 3.54. The molecule has 2 heterocycles. The van der Waals surface area contributed by atoms with Gasteiger partial charge in [0.25, 0.3) is 0 Å². The number of ether oxygens (including phenoxy) is 1. The summed E-state index contributed by atoms with van der Waals surface area (Å²) >= 11 is 9.41. The van der Waals surface area contributed by atoms with Gasteiger partial charge >= 0.3 is 0 Å². The third kappa shape index (κ3) is 2.94. The molecule has 0 bridgehead atoms. The molecule has 0 saturated heterocycles. The van der Waals surface area contributed by atoms with Crippen molar-refractivity contribution in [2.75, 3.05) is 0 Å². The number of aromatic nitrogens is 2. The first kappa shape index (κ1) is 12.3. The minimum atomic E-state index is 0.328. The van der Waals surface area contributed by atoms with Crippen LogP contribution in [0.3, 0.4) is 0 Å². The summed E-state index contributed by atoms with van der Waals surface area (Å²) in [6.07, 6.45) is 4.85. The second kappa shape index (κ2) is 5.44. The molecule has 2 N–H and O–H groups in total. The fraction of sp³-hybridized carbons (Fsp3) is 0.0909. The van der Waals surface area contributed by atoms with Crippen molar-refractivity contribution in [1.29, 1.82) is 0 Å². The summed E-state index contributed by atoms with van der Waals surface area (Å²) in [5.41, 5.74) is 6.34. The van der Waals surface area contributed by atoms with Crippen molar-refractivity contribution in [3.8, 4) is 11.6 Å². The Morgan fingerprint density at radius 3 is 2.94 bits per heavy atom. The van der Waals surface area contributed by atoms with Gasteiger partial charge in [-0.15, -0.1) is 0 Å². The van der Waals surface area contributed by atoms with Crippen LogP contribution >= 0.6 is 27.5 Å². The van der Waals surface area contributed by atoms with Crippen LogP contribution in [0.1, 0.15) is 5.56 Å². The van der Waals surface area contributed by atoms with E-state index in [4.69, 9.17) is 22.1 Å². The molecule has 6 heteroatoms. The van der Waals surface area contributed by atoms with Crippen LogP contribution < -0.4 is 10.5 Å². The second-order valence-corrected chi connectivity index (χ2v) is 4.53. The second-order valence-electron chi connectivity index (χ2n) is 3.23. The van der Waals surface area contributed by atoms with E-state index in [1.165, 1.54) is 0 Å². The van der Waals surface area contributed by atoms with Crippen molar-refractivity contribution in [3.05, 3.63) is 45.8 Å². The SMILES string of the molecule is NCc1ccnc(Oc2cncc(Br)c2)c1Cl. The summed E-state index contributed by atoms with van der Waals surface area (Å²) in [6.45, 7) is 0.342. The Morgan fingerprint density at radius 2 is 2.24 bits per heavy atom. The number of pyridine rings is 2. The molecule has 2 aromatic heterocycles. The lowest BCUT2D eigenvalue weighted by Crippen LogP contribution is -1.99. The van der Waals surface area contributed by atoms with Gasteiger partial charge in [0.2, 0.25) is 5.88 Å². The van der Waals surface area contributed by atoms with Crippen molar-refractivity contribution < 1.29 is 4.74 Å². The van der Waals surface area contributed by atoms with Gasteiger partial charge in [-0.1, -0.05) is 11.6 Å². The molecule has 4 nitrogen and oxygen atoms in total. The number of halogens is 2. The molecule has 0 atom stereocenters. The maximum atomic E-state index is 6.10. The molecule has 2 aromatic rings. The average molecular weight is 315 g/mol. The Morgan fingerprint density at radius 1 is 1.41 bits per heavy atom. The lowest BCUT2D eigenvalue weighted by atomic mass is 10.3. The number of rotatable bonds is 3. The highest BCUT2D eigenvalue weighted by Gasteiger charge is 2.09. The molecule has 88 valence electrons. The zero-order valence-electron chi connectivity index (χ0n) is 8.73. The molecule has 0 spiro atoms. The Labute approximate surface area is 112 Å². The van der Waals surface area contributed by atoms with Crippen LogP contribution in [0.5, 0.6) is 11.6 Å². The van der Waals surface area contributed by atoms with Gasteiger partial charge in [0.1, 0.15) is 10.8 Å². The quantitative estimate of drug-likeness (QED) is 0.945. The van der Waals surface area contributed by atoms with Gasteiger partial charge < -0.3 is 10.5 Å². The van der Waals surface area contributed by atoms with E-state index < -0.39 is 0 Å². The molecule has 0 amide bonds. The Balaban J connectivity index is 2.30. The summed E-state index contributed by atoms with van der Waals surface area (Å²) in [4.78, 5) is 8.04. The van der Waals surface area contributed by atoms with Crippen LogP contribution in [-0.4, -0.2) is 9.97 Å². The number of nitrogens with two attached hydrogens (primary N) is 1. The molecule has 0 aliphatic heterocycles. The molecule has 0 fully saturated rings. The largest absolute Gasteiger partial charge is 0.436 e. The predicted octanol–water partition coefficient (Wildman–Crippen LogP) is 3.14. The highest BCUT2D eigenvalue weighted by molar-refractivity contribution is 9.10. The standard InChI is InChI=1S/C11H9BrClN3O/c12-8-3-9(6-15-5-8)17-11-10(13)7(4-14)1-2-16-11/h1-3,5-6H,4,14H2. The van der Waals surface area contributed by atoms with E-state index >= 15 is 0 Å². The van der Waals surface area contributed by atoms with Crippen LogP contribution in [0.25, 0.3) is 0 Å². The highest BCUT2D eigenvalue weighted by atomic mass is 79.9. The van der Waals surface area contributed by atoms with Gasteiger partial charge in [0.15, 0.2) is 0 Å². The number of hydrogen-bond donors (Lipinski definition) is 1. The molecule has 0 saturated carbocycles. The summed E-state index contributed by atoms with van der Waals surface area (Å²) in [5.74, 6) is 0.887. The third-order valence-electron chi connectivity index (χ3n) is 2.05. The van der Waals surface area contributed by atoms with E-state index in [1.54, 1.807) is 30.7 Å². The summed E-state index contributed by atoms with van der Waals surface area (Å²) < 4.78 is 6.36. The summed E-state index contributed by atoms with van der Waals surface area (Å²) in [5, 5.41) is 0.426. The van der Waals surface area contributed by atoms with Gasteiger partial charge in [0, 0.05) is 23.4 Å².